The van der Waals surface area contributed by atoms with Gasteiger partial charge in [-0.3, -0.25) is 9.89 Å². The Balaban J connectivity index is 1.48. The van der Waals surface area contributed by atoms with E-state index in [2.05, 4.69) is 15.5 Å². The molecular formula is C22H24N4O3. The molecule has 2 heterocycles. The van der Waals surface area contributed by atoms with Gasteiger partial charge in [-0.2, -0.15) is 5.10 Å². The molecule has 1 fully saturated rings. The topological polar surface area (TPSA) is 79.5 Å². The van der Waals surface area contributed by atoms with Gasteiger partial charge in [0.1, 0.15) is 11.4 Å². The van der Waals surface area contributed by atoms with Crippen molar-refractivity contribution in [2.45, 2.75) is 6.10 Å². The van der Waals surface area contributed by atoms with Crippen molar-refractivity contribution in [3.05, 3.63) is 65.9 Å². The summed E-state index contributed by atoms with van der Waals surface area (Å²) in [7, 11) is 3.37. The molecule has 0 saturated carbocycles. The number of hydrogen-bond donors (Lipinski definition) is 2. The Morgan fingerprint density at radius 3 is 2.76 bits per heavy atom. The van der Waals surface area contributed by atoms with E-state index in [0.717, 1.165) is 35.7 Å². The van der Waals surface area contributed by atoms with E-state index < -0.39 is 0 Å². The van der Waals surface area contributed by atoms with Gasteiger partial charge in [0.2, 0.25) is 0 Å². The van der Waals surface area contributed by atoms with Crippen molar-refractivity contribution in [3.8, 4) is 17.0 Å². The Hall–Kier alpha value is -3.16. The van der Waals surface area contributed by atoms with Gasteiger partial charge in [0, 0.05) is 31.4 Å². The van der Waals surface area contributed by atoms with Gasteiger partial charge in [0.25, 0.3) is 5.91 Å². The van der Waals surface area contributed by atoms with Crippen LogP contribution in [0, 0.1) is 0 Å². The van der Waals surface area contributed by atoms with Gasteiger partial charge >= 0.3 is 0 Å². The van der Waals surface area contributed by atoms with Gasteiger partial charge in [0.15, 0.2) is 0 Å². The van der Waals surface area contributed by atoms with E-state index in [9.17, 15) is 4.79 Å². The van der Waals surface area contributed by atoms with Crippen LogP contribution >= 0.6 is 0 Å². The number of methoxy groups -OCH3 is 1. The summed E-state index contributed by atoms with van der Waals surface area (Å²) in [6, 6.07) is 17.2. The molecule has 0 unspecified atom stereocenters. The van der Waals surface area contributed by atoms with E-state index in [1.807, 2.05) is 48.5 Å². The Kier molecular flexibility index (Phi) is 5.59. The molecule has 7 nitrogen and oxygen atoms in total. The van der Waals surface area contributed by atoms with Crippen molar-refractivity contribution < 1.29 is 14.3 Å². The number of hydrogen-bond acceptors (Lipinski definition) is 5. The molecule has 150 valence electrons. The van der Waals surface area contributed by atoms with Crippen molar-refractivity contribution >= 4 is 11.6 Å². The smallest absolute Gasteiger partial charge is 0.276 e. The van der Waals surface area contributed by atoms with Crippen LogP contribution in [0.5, 0.6) is 5.75 Å². The maximum absolute atomic E-state index is 12.9. The van der Waals surface area contributed by atoms with Crippen molar-refractivity contribution in [2.75, 3.05) is 38.8 Å². The third-order valence-corrected chi connectivity index (χ3v) is 5.06. The predicted octanol–water partition coefficient (Wildman–Crippen LogP) is 3.02. The molecule has 29 heavy (non-hydrogen) atoms. The second-order valence-electron chi connectivity index (χ2n) is 6.92. The van der Waals surface area contributed by atoms with E-state index in [4.69, 9.17) is 9.47 Å². The number of H-pyrrole nitrogens is 1. The normalized spacial score (nSPS) is 16.4. The molecule has 0 spiro atoms. The van der Waals surface area contributed by atoms with E-state index >= 15 is 0 Å². The van der Waals surface area contributed by atoms with Crippen LogP contribution in [0.2, 0.25) is 0 Å². The van der Waals surface area contributed by atoms with Crippen LogP contribution in [0.25, 0.3) is 11.3 Å². The second kappa shape index (κ2) is 8.46. The summed E-state index contributed by atoms with van der Waals surface area (Å²) >= 11 is 0. The summed E-state index contributed by atoms with van der Waals surface area (Å²) in [6.45, 7) is 2.39. The van der Waals surface area contributed by atoms with Gasteiger partial charge < -0.3 is 19.7 Å². The Bertz CT molecular complexity index is 978. The standard InChI is InChI=1S/C22H24N4O3/c1-26(17-8-6-15(7-9-17)21-14-23-10-11-29-21)22(27)20-13-19(24-25-20)16-4-3-5-18(12-16)28-2/h3-9,12-13,21,23H,10-11,14H2,1-2H3,(H,24,25)/t21-/m1/s1. The molecule has 4 rings (SSSR count). The molecule has 1 saturated heterocycles. The van der Waals surface area contributed by atoms with Gasteiger partial charge in [-0.25, -0.2) is 0 Å². The maximum atomic E-state index is 12.9. The summed E-state index contributed by atoms with van der Waals surface area (Å²) in [4.78, 5) is 14.5. The zero-order valence-corrected chi connectivity index (χ0v) is 16.5. The number of ether oxygens (including phenoxy) is 2. The summed E-state index contributed by atoms with van der Waals surface area (Å²) < 4.78 is 11.0. The lowest BCUT2D eigenvalue weighted by Gasteiger charge is -2.24. The van der Waals surface area contributed by atoms with E-state index in [-0.39, 0.29) is 12.0 Å². The fraction of sp³-hybridized carbons (Fsp3) is 0.273. The van der Waals surface area contributed by atoms with Crippen LogP contribution in [0.15, 0.2) is 54.6 Å². The van der Waals surface area contributed by atoms with E-state index in [0.29, 0.717) is 18.0 Å². The predicted molar refractivity (Wildman–Crippen MR) is 111 cm³/mol. The first-order chi connectivity index (χ1) is 14.2. The largest absolute Gasteiger partial charge is 0.497 e. The molecular weight excluding hydrogens is 368 g/mol. The monoisotopic (exact) mass is 392 g/mol. The molecule has 1 aromatic heterocycles. The van der Waals surface area contributed by atoms with Crippen LogP contribution < -0.4 is 15.0 Å². The number of morpholine rings is 1. The molecule has 0 aliphatic carbocycles. The van der Waals surface area contributed by atoms with Crippen molar-refractivity contribution in [1.82, 2.24) is 15.5 Å². The zero-order chi connectivity index (χ0) is 20.2. The number of anilines is 1. The van der Waals surface area contributed by atoms with E-state index in [1.165, 1.54) is 0 Å². The molecule has 1 aliphatic rings. The third kappa shape index (κ3) is 4.16. The number of aromatic nitrogens is 2. The molecule has 0 radical (unpaired) electrons. The van der Waals surface area contributed by atoms with Gasteiger partial charge in [-0.15, -0.1) is 0 Å². The SMILES string of the molecule is COc1cccc(-c2cc(C(=O)N(C)c3ccc([C@H]4CNCCO4)cc3)[nH]n2)c1. The second-order valence-corrected chi connectivity index (χ2v) is 6.92. The third-order valence-electron chi connectivity index (χ3n) is 5.06. The van der Waals surface area contributed by atoms with Crippen molar-refractivity contribution in [1.29, 1.82) is 0 Å². The Morgan fingerprint density at radius 1 is 1.21 bits per heavy atom. The molecule has 1 amide bonds. The quantitative estimate of drug-likeness (QED) is 0.698. The summed E-state index contributed by atoms with van der Waals surface area (Å²) in [5, 5.41) is 10.5. The minimum absolute atomic E-state index is 0.0526. The highest BCUT2D eigenvalue weighted by Gasteiger charge is 2.19. The lowest BCUT2D eigenvalue weighted by Crippen LogP contribution is -2.33. The average molecular weight is 392 g/mol. The van der Waals surface area contributed by atoms with Gasteiger partial charge in [-0.05, 0) is 35.9 Å². The lowest BCUT2D eigenvalue weighted by molar-refractivity contribution is 0.0277. The van der Waals surface area contributed by atoms with Crippen LogP contribution in [0.4, 0.5) is 5.69 Å². The summed E-state index contributed by atoms with van der Waals surface area (Å²) in [5.41, 5.74) is 3.91. The molecule has 0 bridgehead atoms. The molecule has 7 heteroatoms. The highest BCUT2D eigenvalue weighted by atomic mass is 16.5. The number of carbonyl (C=O) groups is 1. The number of nitrogens with zero attached hydrogens (tertiary/aromatic N) is 2. The van der Waals surface area contributed by atoms with Crippen LogP contribution in [0.1, 0.15) is 22.2 Å². The number of carbonyl (C=O) groups excluding carboxylic acids is 1. The lowest BCUT2D eigenvalue weighted by atomic mass is 10.1. The minimum Gasteiger partial charge on any atom is -0.497 e. The van der Waals surface area contributed by atoms with Crippen molar-refractivity contribution in [3.63, 3.8) is 0 Å². The molecule has 1 atom stereocenters. The Morgan fingerprint density at radius 2 is 2.03 bits per heavy atom. The van der Waals surface area contributed by atoms with E-state index in [1.54, 1.807) is 25.1 Å². The molecule has 3 aromatic rings. The number of rotatable bonds is 5. The number of amides is 1. The minimum atomic E-state index is -0.157. The Labute approximate surface area is 169 Å². The molecule has 1 aliphatic heterocycles. The first-order valence-corrected chi connectivity index (χ1v) is 9.56. The highest BCUT2D eigenvalue weighted by molar-refractivity contribution is 6.04. The fourth-order valence-electron chi connectivity index (χ4n) is 3.35. The number of aromatic amines is 1. The van der Waals surface area contributed by atoms with Crippen LogP contribution in [-0.4, -0.2) is 50.0 Å². The van der Waals surface area contributed by atoms with Crippen LogP contribution in [0.3, 0.4) is 0 Å². The van der Waals surface area contributed by atoms with Crippen molar-refractivity contribution in [2.24, 2.45) is 0 Å². The average Bonchev–Trinajstić information content (AvgIpc) is 3.29. The first-order valence-electron chi connectivity index (χ1n) is 9.56. The van der Waals surface area contributed by atoms with Gasteiger partial charge in [-0.1, -0.05) is 24.3 Å². The fourth-order valence-corrected chi connectivity index (χ4v) is 3.35. The number of benzene rings is 2. The summed E-state index contributed by atoms with van der Waals surface area (Å²) in [5.74, 6) is 0.586. The molecule has 2 N–H and O–H groups in total. The first kappa shape index (κ1) is 19.2. The highest BCUT2D eigenvalue weighted by Crippen LogP contribution is 2.25. The zero-order valence-electron chi connectivity index (χ0n) is 16.5. The maximum Gasteiger partial charge on any atom is 0.276 e. The number of nitrogens with one attached hydrogen (secondary N) is 2. The van der Waals surface area contributed by atoms with Gasteiger partial charge in [0.05, 0.1) is 25.5 Å². The summed E-state index contributed by atoms with van der Waals surface area (Å²) in [6.07, 6.45) is 0.0526. The van der Waals surface area contributed by atoms with Crippen LogP contribution in [-0.2, 0) is 4.74 Å². The molecule has 2 aromatic carbocycles.